The van der Waals surface area contributed by atoms with E-state index in [4.69, 9.17) is 12.2 Å². The Morgan fingerprint density at radius 3 is 1.69 bits per heavy atom. The Balaban J connectivity index is 3.27. The first-order valence-corrected chi connectivity index (χ1v) is 5.71. The molecular formula is C11H16N2O2S. The van der Waals surface area contributed by atoms with Crippen LogP contribution < -0.4 is 0 Å². The lowest BCUT2D eigenvalue weighted by Crippen LogP contribution is -2.56. The lowest BCUT2D eigenvalue weighted by atomic mass is 10.1. The zero-order chi connectivity index (χ0) is 12.5. The van der Waals surface area contributed by atoms with Crippen LogP contribution in [0.1, 0.15) is 27.7 Å². The van der Waals surface area contributed by atoms with Crippen molar-refractivity contribution >= 4 is 29.1 Å². The molecule has 0 spiro atoms. The maximum atomic E-state index is 12.0. The van der Waals surface area contributed by atoms with Crippen LogP contribution in [0.5, 0.6) is 0 Å². The first-order chi connectivity index (χ1) is 7.45. The van der Waals surface area contributed by atoms with Crippen LogP contribution in [-0.2, 0) is 9.59 Å². The number of rotatable bonds is 2. The van der Waals surface area contributed by atoms with E-state index in [1.54, 1.807) is 13.8 Å². The number of hydrogen-bond acceptors (Lipinski definition) is 3. The van der Waals surface area contributed by atoms with Gasteiger partial charge in [0.25, 0.3) is 11.8 Å². The van der Waals surface area contributed by atoms with Crippen molar-refractivity contribution in [2.75, 3.05) is 13.1 Å². The number of carbonyl (C=O) groups is 2. The van der Waals surface area contributed by atoms with Crippen molar-refractivity contribution in [1.82, 2.24) is 9.80 Å². The smallest absolute Gasteiger partial charge is 0.265 e. The third-order valence-electron chi connectivity index (χ3n) is 2.51. The minimum Gasteiger partial charge on any atom is -0.285 e. The van der Waals surface area contributed by atoms with E-state index in [-0.39, 0.29) is 17.4 Å². The van der Waals surface area contributed by atoms with Gasteiger partial charge >= 0.3 is 0 Å². The highest BCUT2D eigenvalue weighted by Crippen LogP contribution is 2.19. The zero-order valence-corrected chi connectivity index (χ0v) is 10.8. The lowest BCUT2D eigenvalue weighted by Gasteiger charge is -2.35. The molecule has 0 aromatic heterocycles. The minimum absolute atomic E-state index is 0.248. The molecule has 0 radical (unpaired) electrons. The van der Waals surface area contributed by atoms with Gasteiger partial charge in [-0.25, -0.2) is 0 Å². The average Bonchev–Trinajstić information content (AvgIpc) is 2.18. The van der Waals surface area contributed by atoms with Crippen molar-refractivity contribution < 1.29 is 9.59 Å². The molecule has 16 heavy (non-hydrogen) atoms. The Bertz CT molecular complexity index is 355. The van der Waals surface area contributed by atoms with Crippen molar-refractivity contribution in [3.63, 3.8) is 0 Å². The summed E-state index contributed by atoms with van der Waals surface area (Å²) in [4.78, 5) is 26.9. The van der Waals surface area contributed by atoms with E-state index in [1.165, 1.54) is 9.80 Å². The maximum absolute atomic E-state index is 12.0. The molecule has 0 saturated carbocycles. The summed E-state index contributed by atoms with van der Waals surface area (Å²) >= 11 is 5.13. The van der Waals surface area contributed by atoms with Crippen LogP contribution in [0.15, 0.2) is 11.1 Å². The number of thiocarbonyl (C=S) groups is 1. The fraction of sp³-hybridized carbons (Fsp3) is 0.545. The monoisotopic (exact) mass is 240 g/mol. The van der Waals surface area contributed by atoms with Crippen LogP contribution in [-0.4, -0.2) is 39.8 Å². The van der Waals surface area contributed by atoms with E-state index in [0.717, 1.165) is 5.57 Å². The Morgan fingerprint density at radius 1 is 1.06 bits per heavy atom. The fourth-order valence-electron chi connectivity index (χ4n) is 1.67. The molecule has 0 aromatic carbocycles. The van der Waals surface area contributed by atoms with Crippen molar-refractivity contribution in [3.8, 4) is 0 Å². The van der Waals surface area contributed by atoms with Gasteiger partial charge in [-0.2, -0.15) is 0 Å². The number of allylic oxidation sites excluding steroid dienone is 1. The fourth-order valence-corrected chi connectivity index (χ4v) is 2.09. The van der Waals surface area contributed by atoms with Gasteiger partial charge in [0, 0.05) is 13.1 Å². The Labute approximate surface area is 101 Å². The first kappa shape index (κ1) is 12.8. The van der Waals surface area contributed by atoms with Crippen LogP contribution >= 0.6 is 12.2 Å². The van der Waals surface area contributed by atoms with Crippen LogP contribution in [0.3, 0.4) is 0 Å². The normalized spacial score (nSPS) is 17.2. The molecule has 2 amide bonds. The largest absolute Gasteiger partial charge is 0.285 e. The summed E-state index contributed by atoms with van der Waals surface area (Å²) in [6.07, 6.45) is 0. The molecule has 0 bridgehead atoms. The molecule has 88 valence electrons. The Morgan fingerprint density at radius 2 is 1.44 bits per heavy atom. The summed E-state index contributed by atoms with van der Waals surface area (Å²) in [6, 6.07) is 0. The van der Waals surface area contributed by atoms with Gasteiger partial charge in [-0.1, -0.05) is 5.57 Å². The van der Waals surface area contributed by atoms with Gasteiger partial charge in [0.2, 0.25) is 0 Å². The highest BCUT2D eigenvalue weighted by molar-refractivity contribution is 7.80. The molecule has 0 atom stereocenters. The zero-order valence-electron chi connectivity index (χ0n) is 10.0. The summed E-state index contributed by atoms with van der Waals surface area (Å²) < 4.78 is 0. The number of nitrogens with zero attached hydrogens (tertiary/aromatic N) is 2. The number of hydrogen-bond donors (Lipinski definition) is 0. The minimum atomic E-state index is -0.276. The molecule has 0 aliphatic carbocycles. The molecule has 0 aromatic rings. The number of amides is 2. The van der Waals surface area contributed by atoms with E-state index < -0.39 is 0 Å². The number of carbonyl (C=O) groups excluding carboxylic acids is 2. The van der Waals surface area contributed by atoms with Crippen LogP contribution in [0.2, 0.25) is 0 Å². The summed E-state index contributed by atoms with van der Waals surface area (Å²) in [7, 11) is 0. The highest BCUT2D eigenvalue weighted by Gasteiger charge is 2.38. The summed E-state index contributed by atoms with van der Waals surface area (Å²) in [6.45, 7) is 8.19. The topological polar surface area (TPSA) is 40.6 Å². The first-order valence-electron chi connectivity index (χ1n) is 5.30. The molecule has 4 nitrogen and oxygen atoms in total. The van der Waals surface area contributed by atoms with Gasteiger partial charge in [-0.05, 0) is 39.9 Å². The summed E-state index contributed by atoms with van der Waals surface area (Å²) in [5.41, 5.74) is 0.978. The van der Waals surface area contributed by atoms with E-state index in [0.29, 0.717) is 18.2 Å². The quantitative estimate of drug-likeness (QED) is 0.415. The molecular weight excluding hydrogens is 224 g/mol. The molecule has 1 rings (SSSR count). The Kier molecular flexibility index (Phi) is 3.80. The van der Waals surface area contributed by atoms with Gasteiger partial charge in [-0.3, -0.25) is 19.4 Å². The van der Waals surface area contributed by atoms with Crippen molar-refractivity contribution in [3.05, 3.63) is 11.1 Å². The van der Waals surface area contributed by atoms with Gasteiger partial charge in [-0.15, -0.1) is 0 Å². The Hall–Kier alpha value is -1.23. The second-order valence-electron chi connectivity index (χ2n) is 3.76. The van der Waals surface area contributed by atoms with Crippen molar-refractivity contribution in [2.45, 2.75) is 27.7 Å². The second-order valence-corrected chi connectivity index (χ2v) is 4.12. The van der Waals surface area contributed by atoms with Gasteiger partial charge in [0.05, 0.1) is 0 Å². The molecule has 0 N–H and O–H groups in total. The van der Waals surface area contributed by atoms with Gasteiger partial charge in [0.15, 0.2) is 5.11 Å². The van der Waals surface area contributed by atoms with E-state index >= 15 is 0 Å². The molecule has 1 saturated heterocycles. The highest BCUT2D eigenvalue weighted by atomic mass is 32.1. The van der Waals surface area contributed by atoms with Crippen LogP contribution in [0.4, 0.5) is 0 Å². The predicted molar refractivity (Wildman–Crippen MR) is 65.7 cm³/mol. The molecule has 1 aliphatic rings. The standard InChI is InChI=1S/C11H16N2O2S/c1-5-12-9(14)8(7(3)4)10(15)13(6-2)11(12)16/h5-6H2,1-4H3. The maximum Gasteiger partial charge on any atom is 0.265 e. The molecule has 1 fully saturated rings. The predicted octanol–water partition coefficient (Wildman–Crippen LogP) is 1.32. The third-order valence-corrected chi connectivity index (χ3v) is 2.95. The van der Waals surface area contributed by atoms with E-state index in [9.17, 15) is 9.59 Å². The SMILES string of the molecule is CCN1C(=O)C(=C(C)C)C(=O)N(CC)C1=S. The van der Waals surface area contributed by atoms with Crippen LogP contribution in [0, 0.1) is 0 Å². The van der Waals surface area contributed by atoms with Crippen molar-refractivity contribution in [1.29, 1.82) is 0 Å². The molecule has 5 heteroatoms. The number of likely N-dealkylation sites (N-methyl/N-ethyl adjacent to an activating group) is 2. The van der Waals surface area contributed by atoms with E-state index in [1.807, 2.05) is 13.8 Å². The molecule has 0 unspecified atom stereocenters. The average molecular weight is 240 g/mol. The summed E-state index contributed by atoms with van der Waals surface area (Å²) in [5, 5.41) is 0.310. The molecule has 1 aliphatic heterocycles. The van der Waals surface area contributed by atoms with Crippen LogP contribution in [0.25, 0.3) is 0 Å². The second kappa shape index (κ2) is 4.74. The third kappa shape index (κ3) is 1.87. The van der Waals surface area contributed by atoms with Crippen molar-refractivity contribution in [2.24, 2.45) is 0 Å². The van der Waals surface area contributed by atoms with Gasteiger partial charge in [0.1, 0.15) is 5.57 Å². The summed E-state index contributed by atoms with van der Waals surface area (Å²) in [5.74, 6) is -0.551. The lowest BCUT2D eigenvalue weighted by molar-refractivity contribution is -0.133. The molecule has 1 heterocycles. The van der Waals surface area contributed by atoms with Gasteiger partial charge < -0.3 is 0 Å². The van der Waals surface area contributed by atoms with E-state index in [2.05, 4.69) is 0 Å².